The van der Waals surface area contributed by atoms with E-state index in [1.165, 1.54) is 0 Å². The van der Waals surface area contributed by atoms with E-state index in [-0.39, 0.29) is 11.8 Å². The first kappa shape index (κ1) is 18.8. The first-order valence-corrected chi connectivity index (χ1v) is 9.58. The summed E-state index contributed by atoms with van der Waals surface area (Å²) < 4.78 is 12.9. The summed E-state index contributed by atoms with van der Waals surface area (Å²) in [6.07, 6.45) is 0.395. The monoisotopic (exact) mass is 399 g/mol. The fourth-order valence-electron chi connectivity index (χ4n) is 3.81. The zero-order valence-electron chi connectivity index (χ0n) is 15.9. The number of hydrogen-bond donors (Lipinski definition) is 0. The summed E-state index contributed by atoms with van der Waals surface area (Å²) in [6.45, 7) is 1.81. The maximum atomic E-state index is 12.8. The van der Waals surface area contributed by atoms with Crippen LogP contribution in [0.1, 0.15) is 18.2 Å². The molecule has 1 aliphatic rings. The number of imidazole rings is 1. The predicted octanol–water partition coefficient (Wildman–Crippen LogP) is 3.87. The molecule has 1 saturated heterocycles. The Morgan fingerprint density at radius 2 is 2.04 bits per heavy atom. The van der Waals surface area contributed by atoms with Crippen LogP contribution in [-0.4, -0.2) is 42.8 Å². The van der Waals surface area contributed by atoms with Crippen molar-refractivity contribution in [3.05, 3.63) is 53.3 Å². The molecule has 1 fully saturated rings. The molecule has 1 atom stereocenters. The van der Waals surface area contributed by atoms with Crippen LogP contribution in [0, 0.1) is 0 Å². The number of anilines is 1. The Morgan fingerprint density at radius 1 is 1.21 bits per heavy atom. The van der Waals surface area contributed by atoms with E-state index in [2.05, 4.69) is 10.6 Å². The highest BCUT2D eigenvalue weighted by Gasteiger charge is 2.36. The fourth-order valence-corrected chi connectivity index (χ4v) is 3.98. The highest BCUT2D eigenvalue weighted by atomic mass is 35.5. The zero-order chi connectivity index (χ0) is 19.7. The number of aromatic nitrogens is 2. The van der Waals surface area contributed by atoms with Crippen LogP contribution in [0.5, 0.6) is 5.75 Å². The second-order valence-corrected chi connectivity index (χ2v) is 7.26. The van der Waals surface area contributed by atoms with E-state index >= 15 is 0 Å². The lowest BCUT2D eigenvalue weighted by molar-refractivity contribution is -0.117. The van der Waals surface area contributed by atoms with Gasteiger partial charge in [0.1, 0.15) is 11.6 Å². The molecule has 3 aromatic rings. The minimum Gasteiger partial charge on any atom is -0.495 e. The van der Waals surface area contributed by atoms with Crippen molar-refractivity contribution in [2.75, 3.05) is 32.3 Å². The van der Waals surface area contributed by atoms with Crippen LogP contribution in [-0.2, 0) is 16.1 Å². The number of amides is 1. The number of ether oxygens (including phenoxy) is 2. The second-order valence-electron chi connectivity index (χ2n) is 6.82. The summed E-state index contributed by atoms with van der Waals surface area (Å²) in [5.74, 6) is 1.57. The molecule has 0 saturated carbocycles. The summed E-state index contributed by atoms with van der Waals surface area (Å²) in [4.78, 5) is 19.4. The molecule has 0 bridgehead atoms. The molecule has 7 heteroatoms. The minimum absolute atomic E-state index is 0.0135. The summed E-state index contributed by atoms with van der Waals surface area (Å²) >= 11 is 6.17. The topological polar surface area (TPSA) is 56.6 Å². The third-order valence-electron chi connectivity index (χ3n) is 5.12. The summed E-state index contributed by atoms with van der Waals surface area (Å²) in [7, 11) is 3.28. The lowest BCUT2D eigenvalue weighted by atomic mass is 10.1. The van der Waals surface area contributed by atoms with Gasteiger partial charge in [0.15, 0.2) is 0 Å². The smallest absolute Gasteiger partial charge is 0.227 e. The predicted molar refractivity (Wildman–Crippen MR) is 109 cm³/mol. The number of halogens is 1. The molecule has 1 aromatic heterocycles. The maximum Gasteiger partial charge on any atom is 0.227 e. The largest absolute Gasteiger partial charge is 0.495 e. The molecular formula is C21H22ClN3O3. The quantitative estimate of drug-likeness (QED) is 0.631. The molecular weight excluding hydrogens is 378 g/mol. The van der Waals surface area contributed by atoms with E-state index in [9.17, 15) is 4.79 Å². The van der Waals surface area contributed by atoms with Crippen molar-refractivity contribution in [1.29, 1.82) is 0 Å². The number of methoxy groups -OCH3 is 2. The van der Waals surface area contributed by atoms with Gasteiger partial charge in [-0.25, -0.2) is 4.98 Å². The van der Waals surface area contributed by atoms with Gasteiger partial charge in [0.05, 0.1) is 30.4 Å². The van der Waals surface area contributed by atoms with Crippen molar-refractivity contribution < 1.29 is 14.3 Å². The lowest BCUT2D eigenvalue weighted by Crippen LogP contribution is -2.25. The van der Waals surface area contributed by atoms with E-state index in [1.54, 1.807) is 37.3 Å². The molecule has 4 rings (SSSR count). The number of para-hydroxylation sites is 2. The molecule has 2 aromatic carbocycles. The van der Waals surface area contributed by atoms with Crippen LogP contribution in [0.25, 0.3) is 11.0 Å². The molecule has 1 amide bonds. The Hall–Kier alpha value is -2.57. The Balaban J connectivity index is 1.70. The molecule has 28 heavy (non-hydrogen) atoms. The van der Waals surface area contributed by atoms with Gasteiger partial charge in [-0.2, -0.15) is 0 Å². The Labute approximate surface area is 168 Å². The van der Waals surface area contributed by atoms with Crippen molar-refractivity contribution >= 4 is 34.2 Å². The van der Waals surface area contributed by atoms with Crippen LogP contribution < -0.4 is 9.64 Å². The average molecular weight is 400 g/mol. The van der Waals surface area contributed by atoms with Crippen LogP contribution >= 0.6 is 11.6 Å². The second kappa shape index (κ2) is 7.81. The Kier molecular flexibility index (Phi) is 5.24. The summed E-state index contributed by atoms with van der Waals surface area (Å²) in [5.41, 5.74) is 2.68. The molecule has 1 aliphatic heterocycles. The highest BCUT2D eigenvalue weighted by molar-refractivity contribution is 6.31. The van der Waals surface area contributed by atoms with Gasteiger partial charge in [-0.1, -0.05) is 23.7 Å². The van der Waals surface area contributed by atoms with Crippen molar-refractivity contribution in [2.24, 2.45) is 0 Å². The number of nitrogens with zero attached hydrogens (tertiary/aromatic N) is 3. The van der Waals surface area contributed by atoms with Gasteiger partial charge in [0, 0.05) is 37.6 Å². The third kappa shape index (κ3) is 3.34. The highest BCUT2D eigenvalue weighted by Crippen LogP contribution is 2.38. The molecule has 0 unspecified atom stereocenters. The SMILES string of the molecule is COCCn1c([C@H]2CC(=O)N(c3cc(Cl)ccc3OC)C2)nc2ccccc21. The molecule has 6 nitrogen and oxygen atoms in total. The number of fused-ring (bicyclic) bond motifs is 1. The van der Waals surface area contributed by atoms with E-state index in [4.69, 9.17) is 26.1 Å². The minimum atomic E-state index is -0.0135. The van der Waals surface area contributed by atoms with E-state index < -0.39 is 0 Å². The number of carbonyl (C=O) groups excluding carboxylic acids is 1. The number of carbonyl (C=O) groups is 1. The van der Waals surface area contributed by atoms with Gasteiger partial charge in [0.25, 0.3) is 0 Å². The van der Waals surface area contributed by atoms with Crippen molar-refractivity contribution in [1.82, 2.24) is 9.55 Å². The van der Waals surface area contributed by atoms with Gasteiger partial charge in [-0.05, 0) is 30.3 Å². The van der Waals surface area contributed by atoms with Gasteiger partial charge in [-0.15, -0.1) is 0 Å². The number of hydrogen-bond acceptors (Lipinski definition) is 4. The Bertz CT molecular complexity index is 1020. The third-order valence-corrected chi connectivity index (χ3v) is 5.36. The number of rotatable bonds is 6. The van der Waals surface area contributed by atoms with Crippen molar-refractivity contribution in [3.63, 3.8) is 0 Å². The van der Waals surface area contributed by atoms with E-state index in [0.29, 0.717) is 42.6 Å². The molecule has 0 aliphatic carbocycles. The van der Waals surface area contributed by atoms with Gasteiger partial charge in [-0.3, -0.25) is 4.79 Å². The van der Waals surface area contributed by atoms with Crippen molar-refractivity contribution in [2.45, 2.75) is 18.9 Å². The molecule has 0 radical (unpaired) electrons. The lowest BCUT2D eigenvalue weighted by Gasteiger charge is -2.20. The fraction of sp³-hybridized carbons (Fsp3) is 0.333. The van der Waals surface area contributed by atoms with Crippen LogP contribution in [0.3, 0.4) is 0 Å². The zero-order valence-corrected chi connectivity index (χ0v) is 16.6. The standard InChI is InChI=1S/C21H22ClN3O3/c1-27-10-9-24-17-6-4-3-5-16(17)23-21(24)14-11-20(26)25(13-14)18-12-15(22)7-8-19(18)28-2/h3-8,12,14H,9-11,13H2,1-2H3/t14-/m0/s1. The summed E-state index contributed by atoms with van der Waals surface area (Å²) in [5, 5.41) is 0.569. The normalized spacial score (nSPS) is 16.9. The molecule has 0 spiro atoms. The first-order chi connectivity index (χ1) is 13.6. The van der Waals surface area contributed by atoms with Crippen LogP contribution in [0.4, 0.5) is 5.69 Å². The maximum absolute atomic E-state index is 12.8. The first-order valence-electron chi connectivity index (χ1n) is 9.20. The average Bonchev–Trinajstić information content (AvgIpc) is 3.26. The van der Waals surface area contributed by atoms with Crippen molar-refractivity contribution in [3.8, 4) is 5.75 Å². The molecule has 2 heterocycles. The molecule has 146 valence electrons. The van der Waals surface area contributed by atoms with Gasteiger partial charge in [0.2, 0.25) is 5.91 Å². The summed E-state index contributed by atoms with van der Waals surface area (Å²) in [6, 6.07) is 13.3. The van der Waals surface area contributed by atoms with Crippen LogP contribution in [0.15, 0.2) is 42.5 Å². The van der Waals surface area contributed by atoms with E-state index in [1.807, 2.05) is 18.2 Å². The van der Waals surface area contributed by atoms with E-state index in [0.717, 1.165) is 16.9 Å². The number of benzene rings is 2. The Morgan fingerprint density at radius 3 is 2.82 bits per heavy atom. The van der Waals surface area contributed by atoms with Crippen LogP contribution in [0.2, 0.25) is 5.02 Å². The van der Waals surface area contributed by atoms with Gasteiger partial charge < -0.3 is 18.9 Å². The van der Waals surface area contributed by atoms with Gasteiger partial charge >= 0.3 is 0 Å². The molecule has 0 N–H and O–H groups in total.